The van der Waals surface area contributed by atoms with Crippen molar-refractivity contribution < 1.29 is 22.9 Å². The van der Waals surface area contributed by atoms with Gasteiger partial charge in [0.1, 0.15) is 0 Å². The average Bonchev–Trinajstić information content (AvgIpc) is 3.00. The van der Waals surface area contributed by atoms with E-state index in [1.54, 1.807) is 6.92 Å². The highest BCUT2D eigenvalue weighted by molar-refractivity contribution is 5.91. The van der Waals surface area contributed by atoms with E-state index in [-0.39, 0.29) is 24.5 Å². The highest BCUT2D eigenvalue weighted by atomic mass is 19.4. The second-order valence-electron chi connectivity index (χ2n) is 4.99. The maximum Gasteiger partial charge on any atom is 0.437 e. The molecule has 1 amide bonds. The standard InChI is InChI=1S/C12H13F3N6O3/c1-6-5-8(21(23)24)19-20(6)4-3-9(22)16-10-7(2)17-18-11(10)12(13,14)15/h5H,3-4H2,1-2H3,(H,16,22)(H,17,18). The molecule has 2 rings (SSSR count). The Labute approximate surface area is 133 Å². The van der Waals surface area contributed by atoms with Gasteiger partial charge in [0.15, 0.2) is 5.69 Å². The van der Waals surface area contributed by atoms with Gasteiger partial charge in [-0.25, -0.2) is 0 Å². The molecule has 12 heteroatoms. The van der Waals surface area contributed by atoms with Crippen LogP contribution >= 0.6 is 0 Å². The molecule has 0 atom stereocenters. The first-order valence-electron chi connectivity index (χ1n) is 6.70. The summed E-state index contributed by atoms with van der Waals surface area (Å²) in [5, 5.41) is 21.8. The van der Waals surface area contributed by atoms with E-state index in [1.165, 1.54) is 17.7 Å². The van der Waals surface area contributed by atoms with Crippen molar-refractivity contribution in [3.05, 3.63) is 33.3 Å². The van der Waals surface area contributed by atoms with Crippen LogP contribution in [-0.4, -0.2) is 30.8 Å². The summed E-state index contributed by atoms with van der Waals surface area (Å²) < 4.78 is 39.6. The Bertz CT molecular complexity index is 780. The van der Waals surface area contributed by atoms with Crippen molar-refractivity contribution in [2.75, 3.05) is 5.32 Å². The Hall–Kier alpha value is -2.92. The number of hydrogen-bond acceptors (Lipinski definition) is 5. The van der Waals surface area contributed by atoms with Gasteiger partial charge in [0.05, 0.1) is 34.8 Å². The minimum absolute atomic E-state index is 0.0102. The number of anilines is 1. The Morgan fingerprint density at radius 1 is 1.46 bits per heavy atom. The van der Waals surface area contributed by atoms with E-state index in [0.29, 0.717) is 5.69 Å². The molecule has 24 heavy (non-hydrogen) atoms. The van der Waals surface area contributed by atoms with Gasteiger partial charge in [-0.3, -0.25) is 9.89 Å². The SMILES string of the molecule is Cc1[nH]nc(C(F)(F)F)c1NC(=O)CCn1nc([N+](=O)[O-])cc1C. The average molecular weight is 346 g/mol. The van der Waals surface area contributed by atoms with E-state index in [1.807, 2.05) is 0 Å². The van der Waals surface area contributed by atoms with Crippen molar-refractivity contribution in [1.82, 2.24) is 20.0 Å². The van der Waals surface area contributed by atoms with E-state index < -0.39 is 28.4 Å². The number of nitrogens with zero attached hydrogens (tertiary/aromatic N) is 4. The largest absolute Gasteiger partial charge is 0.437 e. The van der Waals surface area contributed by atoms with Crippen LogP contribution in [0.3, 0.4) is 0 Å². The fraction of sp³-hybridized carbons (Fsp3) is 0.417. The third-order valence-electron chi connectivity index (χ3n) is 3.19. The molecule has 0 fully saturated rings. The topological polar surface area (TPSA) is 119 Å². The summed E-state index contributed by atoms with van der Waals surface area (Å²) in [5.41, 5.74) is -1.11. The van der Waals surface area contributed by atoms with Gasteiger partial charge in [0.2, 0.25) is 5.91 Å². The van der Waals surface area contributed by atoms with E-state index in [9.17, 15) is 28.1 Å². The Morgan fingerprint density at radius 3 is 2.67 bits per heavy atom. The molecule has 2 N–H and O–H groups in total. The lowest BCUT2D eigenvalue weighted by atomic mass is 10.2. The number of aromatic nitrogens is 4. The van der Waals surface area contributed by atoms with Gasteiger partial charge in [0, 0.05) is 6.42 Å². The van der Waals surface area contributed by atoms with Gasteiger partial charge < -0.3 is 15.4 Å². The minimum atomic E-state index is -4.70. The van der Waals surface area contributed by atoms with Crippen LogP contribution in [0.1, 0.15) is 23.5 Å². The zero-order chi connectivity index (χ0) is 18.1. The van der Waals surface area contributed by atoms with Crippen LogP contribution in [0, 0.1) is 24.0 Å². The predicted molar refractivity (Wildman–Crippen MR) is 75.2 cm³/mol. The molecule has 2 aromatic heterocycles. The summed E-state index contributed by atoms with van der Waals surface area (Å²) in [6.45, 7) is 2.91. The Kier molecular flexibility index (Phi) is 4.57. The molecule has 0 saturated carbocycles. The first kappa shape index (κ1) is 17.4. The number of carbonyl (C=O) groups is 1. The molecule has 0 aliphatic rings. The van der Waals surface area contributed by atoms with Gasteiger partial charge in [-0.1, -0.05) is 0 Å². The van der Waals surface area contributed by atoms with Gasteiger partial charge in [-0.2, -0.15) is 23.0 Å². The maximum atomic E-state index is 12.8. The van der Waals surface area contributed by atoms with Crippen molar-refractivity contribution in [1.29, 1.82) is 0 Å². The quantitative estimate of drug-likeness (QED) is 0.635. The molecule has 0 unspecified atom stereocenters. The van der Waals surface area contributed by atoms with Crippen LogP contribution in [0.25, 0.3) is 0 Å². The molecule has 0 aliphatic carbocycles. The van der Waals surface area contributed by atoms with E-state index in [4.69, 9.17) is 0 Å². The van der Waals surface area contributed by atoms with Crippen LogP contribution in [0.2, 0.25) is 0 Å². The number of halogens is 3. The number of rotatable bonds is 5. The molecule has 2 aromatic rings. The summed E-state index contributed by atoms with van der Waals surface area (Å²) in [4.78, 5) is 21.8. The van der Waals surface area contributed by atoms with Crippen molar-refractivity contribution in [3.63, 3.8) is 0 Å². The summed E-state index contributed by atoms with van der Waals surface area (Å²) >= 11 is 0. The lowest BCUT2D eigenvalue weighted by Gasteiger charge is -2.08. The second kappa shape index (κ2) is 6.29. The van der Waals surface area contributed by atoms with Crippen LogP contribution < -0.4 is 5.32 Å². The summed E-state index contributed by atoms with van der Waals surface area (Å²) in [7, 11) is 0. The Morgan fingerprint density at radius 2 is 2.12 bits per heavy atom. The van der Waals surface area contributed by atoms with Crippen molar-refractivity contribution in [3.8, 4) is 0 Å². The molecular formula is C12H13F3N6O3. The van der Waals surface area contributed by atoms with Gasteiger partial charge in [-0.15, -0.1) is 0 Å². The normalized spacial score (nSPS) is 11.5. The number of aromatic amines is 1. The van der Waals surface area contributed by atoms with E-state index in [0.717, 1.165) is 0 Å². The number of hydrogen-bond donors (Lipinski definition) is 2. The molecule has 0 aliphatic heterocycles. The number of H-pyrrole nitrogens is 1. The number of nitrogens with one attached hydrogen (secondary N) is 2. The maximum absolute atomic E-state index is 12.8. The minimum Gasteiger partial charge on any atom is -0.358 e. The zero-order valence-electron chi connectivity index (χ0n) is 12.6. The first-order chi connectivity index (χ1) is 11.1. The molecule has 9 nitrogen and oxygen atoms in total. The molecule has 130 valence electrons. The van der Waals surface area contributed by atoms with Crippen LogP contribution in [-0.2, 0) is 17.5 Å². The number of alkyl halides is 3. The Balaban J connectivity index is 2.05. The summed E-state index contributed by atoms with van der Waals surface area (Å²) in [6, 6.07) is 1.24. The fourth-order valence-electron chi connectivity index (χ4n) is 2.00. The smallest absolute Gasteiger partial charge is 0.358 e. The number of amides is 1. The predicted octanol–water partition coefficient (Wildman–Crippen LogP) is 2.18. The molecular weight excluding hydrogens is 333 g/mol. The third kappa shape index (κ3) is 3.70. The van der Waals surface area contributed by atoms with E-state index in [2.05, 4.69) is 20.6 Å². The fourth-order valence-corrected chi connectivity index (χ4v) is 2.00. The van der Waals surface area contributed by atoms with Crippen LogP contribution in [0.5, 0.6) is 0 Å². The van der Waals surface area contributed by atoms with Crippen molar-refractivity contribution in [2.45, 2.75) is 33.0 Å². The van der Waals surface area contributed by atoms with Crippen LogP contribution in [0.15, 0.2) is 6.07 Å². The molecule has 2 heterocycles. The molecule has 0 saturated heterocycles. The molecule has 0 bridgehead atoms. The highest BCUT2D eigenvalue weighted by Gasteiger charge is 2.38. The second-order valence-corrected chi connectivity index (χ2v) is 4.99. The van der Waals surface area contributed by atoms with Gasteiger partial charge >= 0.3 is 12.0 Å². The van der Waals surface area contributed by atoms with Crippen molar-refractivity contribution in [2.24, 2.45) is 0 Å². The van der Waals surface area contributed by atoms with Crippen LogP contribution in [0.4, 0.5) is 24.7 Å². The molecule has 0 aromatic carbocycles. The zero-order valence-corrected chi connectivity index (χ0v) is 12.6. The van der Waals surface area contributed by atoms with Crippen molar-refractivity contribution >= 4 is 17.4 Å². The molecule has 0 spiro atoms. The lowest BCUT2D eigenvalue weighted by molar-refractivity contribution is -0.389. The third-order valence-corrected chi connectivity index (χ3v) is 3.19. The first-order valence-corrected chi connectivity index (χ1v) is 6.70. The van der Waals surface area contributed by atoms with Gasteiger partial charge in [0.25, 0.3) is 0 Å². The highest BCUT2D eigenvalue weighted by Crippen LogP contribution is 2.34. The van der Waals surface area contributed by atoms with E-state index >= 15 is 0 Å². The lowest BCUT2D eigenvalue weighted by Crippen LogP contribution is -2.18. The van der Waals surface area contributed by atoms with Gasteiger partial charge in [-0.05, 0) is 18.8 Å². The monoisotopic (exact) mass is 346 g/mol. The molecule has 0 radical (unpaired) electrons. The summed E-state index contributed by atoms with van der Waals surface area (Å²) in [5.74, 6) is -1.06. The number of aryl methyl sites for hydroxylation is 3. The number of carbonyl (C=O) groups excluding carboxylic acids is 1. The number of nitro groups is 1. The summed E-state index contributed by atoms with van der Waals surface area (Å²) in [6.07, 6.45) is -4.91.